The van der Waals surface area contributed by atoms with Gasteiger partial charge in [0, 0.05) is 11.8 Å². The van der Waals surface area contributed by atoms with Crippen LogP contribution in [0.2, 0.25) is 0 Å². The van der Waals surface area contributed by atoms with Crippen LogP contribution in [0.3, 0.4) is 0 Å². The standard InChI is InChI=1S/C20H26BNO2/c1-13-8-9-18(22-12-13)16-10-15(3)17(11-14(16)2)21-23-19(4,5)20(6,7)24-21/h8-12H,1-7H3. The quantitative estimate of drug-likeness (QED) is 0.784. The summed E-state index contributed by atoms with van der Waals surface area (Å²) in [7, 11) is -0.325. The van der Waals surface area contributed by atoms with Crippen molar-refractivity contribution in [3.63, 3.8) is 0 Å². The fourth-order valence-corrected chi connectivity index (χ4v) is 2.97. The minimum Gasteiger partial charge on any atom is -0.399 e. The molecule has 1 fully saturated rings. The fourth-order valence-electron chi connectivity index (χ4n) is 2.97. The largest absolute Gasteiger partial charge is 0.495 e. The molecule has 2 heterocycles. The van der Waals surface area contributed by atoms with Gasteiger partial charge in [-0.3, -0.25) is 4.98 Å². The highest BCUT2D eigenvalue weighted by atomic mass is 16.7. The van der Waals surface area contributed by atoms with Crippen molar-refractivity contribution >= 4 is 12.6 Å². The van der Waals surface area contributed by atoms with Crippen molar-refractivity contribution in [2.24, 2.45) is 0 Å². The summed E-state index contributed by atoms with van der Waals surface area (Å²) in [5.74, 6) is 0. The topological polar surface area (TPSA) is 31.4 Å². The molecule has 3 rings (SSSR count). The van der Waals surface area contributed by atoms with Crippen LogP contribution in [0, 0.1) is 20.8 Å². The van der Waals surface area contributed by atoms with E-state index in [0.717, 1.165) is 22.3 Å². The van der Waals surface area contributed by atoms with E-state index in [0.29, 0.717) is 0 Å². The van der Waals surface area contributed by atoms with Gasteiger partial charge in [0.2, 0.25) is 0 Å². The molecule has 0 spiro atoms. The first-order valence-corrected chi connectivity index (χ1v) is 8.50. The van der Waals surface area contributed by atoms with Gasteiger partial charge in [-0.25, -0.2) is 0 Å². The lowest BCUT2D eigenvalue weighted by Gasteiger charge is -2.32. The highest BCUT2D eigenvalue weighted by molar-refractivity contribution is 6.62. The second-order valence-electron chi connectivity index (χ2n) is 7.83. The molecule has 0 saturated carbocycles. The third-order valence-corrected chi connectivity index (χ3v) is 5.31. The molecule has 4 heteroatoms. The van der Waals surface area contributed by atoms with E-state index in [1.807, 2.05) is 6.20 Å². The van der Waals surface area contributed by atoms with E-state index in [1.54, 1.807) is 0 Å². The van der Waals surface area contributed by atoms with E-state index >= 15 is 0 Å². The van der Waals surface area contributed by atoms with E-state index in [1.165, 1.54) is 11.1 Å². The number of nitrogens with zero attached hydrogens (tertiary/aromatic N) is 1. The first-order valence-electron chi connectivity index (χ1n) is 8.50. The Labute approximate surface area is 145 Å². The van der Waals surface area contributed by atoms with Crippen LogP contribution in [0.15, 0.2) is 30.5 Å². The van der Waals surface area contributed by atoms with E-state index in [4.69, 9.17) is 9.31 Å². The van der Waals surface area contributed by atoms with E-state index in [9.17, 15) is 0 Å². The maximum atomic E-state index is 6.21. The SMILES string of the molecule is Cc1ccc(-c2cc(C)c(B3OC(C)(C)C(C)(C)O3)cc2C)nc1. The van der Waals surface area contributed by atoms with Crippen molar-refractivity contribution < 1.29 is 9.31 Å². The maximum absolute atomic E-state index is 6.21. The minimum atomic E-state index is -0.325. The summed E-state index contributed by atoms with van der Waals surface area (Å²) in [4.78, 5) is 4.56. The van der Waals surface area contributed by atoms with Crippen LogP contribution >= 0.6 is 0 Å². The lowest BCUT2D eigenvalue weighted by Crippen LogP contribution is -2.41. The molecule has 0 aliphatic carbocycles. The van der Waals surface area contributed by atoms with Gasteiger partial charge in [0.15, 0.2) is 0 Å². The molecule has 0 radical (unpaired) electrons. The summed E-state index contributed by atoms with van der Waals surface area (Å²) in [6.07, 6.45) is 1.91. The Kier molecular flexibility index (Phi) is 4.09. The molecule has 0 N–H and O–H groups in total. The Hall–Kier alpha value is -1.65. The summed E-state index contributed by atoms with van der Waals surface area (Å²) < 4.78 is 12.4. The molecule has 1 aliphatic rings. The monoisotopic (exact) mass is 323 g/mol. The van der Waals surface area contributed by atoms with Crippen molar-refractivity contribution in [1.29, 1.82) is 0 Å². The molecule has 1 aromatic carbocycles. The summed E-state index contributed by atoms with van der Waals surface area (Å²) in [6, 6.07) is 8.53. The fraction of sp³-hybridized carbons (Fsp3) is 0.450. The number of pyridine rings is 1. The summed E-state index contributed by atoms with van der Waals surface area (Å²) in [5, 5.41) is 0. The smallest absolute Gasteiger partial charge is 0.399 e. The summed E-state index contributed by atoms with van der Waals surface area (Å²) in [5.41, 5.74) is 6.13. The number of hydrogen-bond acceptors (Lipinski definition) is 3. The zero-order chi connectivity index (χ0) is 17.7. The summed E-state index contributed by atoms with van der Waals surface area (Å²) in [6.45, 7) is 14.6. The van der Waals surface area contributed by atoms with Crippen molar-refractivity contribution in [3.05, 3.63) is 47.2 Å². The molecule has 2 aromatic rings. The average Bonchev–Trinajstić information content (AvgIpc) is 2.70. The van der Waals surface area contributed by atoms with Crippen LogP contribution in [0.1, 0.15) is 44.4 Å². The molecule has 0 unspecified atom stereocenters. The predicted octanol–water partition coefficient (Wildman–Crippen LogP) is 3.97. The van der Waals surface area contributed by atoms with Gasteiger partial charge in [0.1, 0.15) is 0 Å². The second-order valence-corrected chi connectivity index (χ2v) is 7.83. The van der Waals surface area contributed by atoms with Crippen LogP contribution < -0.4 is 5.46 Å². The van der Waals surface area contributed by atoms with Crippen LogP contribution in [0.5, 0.6) is 0 Å². The van der Waals surface area contributed by atoms with Crippen molar-refractivity contribution in [1.82, 2.24) is 4.98 Å². The van der Waals surface area contributed by atoms with E-state index in [-0.39, 0.29) is 18.3 Å². The predicted molar refractivity (Wildman–Crippen MR) is 99.6 cm³/mol. The van der Waals surface area contributed by atoms with Crippen molar-refractivity contribution in [2.75, 3.05) is 0 Å². The Morgan fingerprint density at radius 1 is 0.875 bits per heavy atom. The van der Waals surface area contributed by atoms with E-state index in [2.05, 4.69) is 77.7 Å². The summed E-state index contributed by atoms with van der Waals surface area (Å²) >= 11 is 0. The Balaban J connectivity index is 1.98. The zero-order valence-corrected chi connectivity index (χ0v) is 15.7. The molecule has 0 amide bonds. The van der Waals surface area contributed by atoms with Crippen molar-refractivity contribution in [3.8, 4) is 11.3 Å². The molecule has 24 heavy (non-hydrogen) atoms. The van der Waals surface area contributed by atoms with Gasteiger partial charge in [0.25, 0.3) is 0 Å². The first kappa shape index (κ1) is 17.2. The number of aryl methyl sites for hydroxylation is 3. The first-order chi connectivity index (χ1) is 11.1. The van der Waals surface area contributed by atoms with Gasteiger partial charge in [-0.2, -0.15) is 0 Å². The third-order valence-electron chi connectivity index (χ3n) is 5.31. The lowest BCUT2D eigenvalue weighted by atomic mass is 9.74. The molecular weight excluding hydrogens is 297 g/mol. The molecule has 0 bridgehead atoms. The van der Waals surface area contributed by atoms with Crippen molar-refractivity contribution in [2.45, 2.75) is 59.7 Å². The number of rotatable bonds is 2. The molecule has 1 aliphatic heterocycles. The van der Waals surface area contributed by atoms with Crippen LogP contribution in [-0.2, 0) is 9.31 Å². The van der Waals surface area contributed by atoms with Gasteiger partial charge < -0.3 is 9.31 Å². The number of aromatic nitrogens is 1. The highest BCUT2D eigenvalue weighted by Crippen LogP contribution is 2.37. The number of hydrogen-bond donors (Lipinski definition) is 0. The maximum Gasteiger partial charge on any atom is 0.495 e. The molecule has 3 nitrogen and oxygen atoms in total. The minimum absolute atomic E-state index is 0.324. The Bertz CT molecular complexity index is 750. The third kappa shape index (κ3) is 2.89. The van der Waals surface area contributed by atoms with Gasteiger partial charge >= 0.3 is 7.12 Å². The normalized spacial score (nSPS) is 18.9. The molecule has 1 aromatic heterocycles. The molecule has 0 atom stereocenters. The van der Waals surface area contributed by atoms with Crippen LogP contribution in [-0.4, -0.2) is 23.3 Å². The Morgan fingerprint density at radius 3 is 2.04 bits per heavy atom. The van der Waals surface area contributed by atoms with E-state index < -0.39 is 0 Å². The lowest BCUT2D eigenvalue weighted by molar-refractivity contribution is 0.00578. The molecular formula is C20H26BNO2. The number of benzene rings is 1. The molecule has 1 saturated heterocycles. The molecule has 126 valence electrons. The van der Waals surface area contributed by atoms with Crippen LogP contribution in [0.25, 0.3) is 11.3 Å². The van der Waals surface area contributed by atoms with Gasteiger partial charge in [-0.15, -0.1) is 0 Å². The van der Waals surface area contributed by atoms with Gasteiger partial charge in [-0.05, 0) is 77.2 Å². The highest BCUT2D eigenvalue weighted by Gasteiger charge is 2.52. The van der Waals surface area contributed by atoms with Gasteiger partial charge in [0.05, 0.1) is 16.9 Å². The Morgan fingerprint density at radius 2 is 1.50 bits per heavy atom. The zero-order valence-electron chi connectivity index (χ0n) is 15.7. The average molecular weight is 323 g/mol. The second kappa shape index (κ2) is 5.71. The van der Waals surface area contributed by atoms with Gasteiger partial charge in [-0.1, -0.05) is 17.7 Å². The van der Waals surface area contributed by atoms with Crippen LogP contribution in [0.4, 0.5) is 0 Å².